The zero-order chi connectivity index (χ0) is 25.9. The third-order valence-corrected chi connectivity index (χ3v) is 7.49. The molecular weight excluding hydrogens is 464 g/mol. The lowest BCUT2D eigenvalue weighted by Gasteiger charge is -2.20. The maximum atomic E-state index is 13.0. The number of ether oxygens (including phenoxy) is 2. The van der Waals surface area contributed by atoms with Gasteiger partial charge in [-0.25, -0.2) is 4.79 Å². The van der Waals surface area contributed by atoms with E-state index in [0.717, 1.165) is 22.3 Å². The molecule has 2 fully saturated rings. The van der Waals surface area contributed by atoms with E-state index in [4.69, 9.17) is 9.47 Å². The Morgan fingerprint density at radius 2 is 1.70 bits per heavy atom. The lowest BCUT2D eigenvalue weighted by atomic mass is 9.89. The van der Waals surface area contributed by atoms with Crippen molar-refractivity contribution in [2.24, 2.45) is 11.8 Å². The number of carbonyl (C=O) groups is 3. The predicted octanol–water partition coefficient (Wildman–Crippen LogP) is 6.07. The fourth-order valence-electron chi connectivity index (χ4n) is 5.38. The van der Waals surface area contributed by atoms with Crippen molar-refractivity contribution in [3.8, 4) is 11.1 Å². The molecule has 1 saturated carbocycles. The largest absolute Gasteiger partial charge is 0.462 e. The number of carbonyl (C=O) groups excluding carboxylic acids is 3. The van der Waals surface area contributed by atoms with Gasteiger partial charge in [-0.3, -0.25) is 9.59 Å². The van der Waals surface area contributed by atoms with Gasteiger partial charge in [0.1, 0.15) is 12.2 Å². The number of fused-ring (bicyclic) bond motifs is 1. The monoisotopic (exact) mass is 494 g/mol. The van der Waals surface area contributed by atoms with E-state index in [1.54, 1.807) is 18.2 Å². The van der Waals surface area contributed by atoms with Crippen LogP contribution in [0.15, 0.2) is 91.0 Å². The first-order valence-corrected chi connectivity index (χ1v) is 12.7. The van der Waals surface area contributed by atoms with Crippen LogP contribution in [-0.4, -0.2) is 29.9 Å². The summed E-state index contributed by atoms with van der Waals surface area (Å²) in [5.41, 5.74) is 4.61. The van der Waals surface area contributed by atoms with Crippen molar-refractivity contribution < 1.29 is 23.9 Å². The number of benzene rings is 3. The molecule has 0 spiro atoms. The molecule has 37 heavy (non-hydrogen) atoms. The first-order valence-electron chi connectivity index (χ1n) is 12.7. The maximum Gasteiger partial charge on any atom is 0.338 e. The van der Waals surface area contributed by atoms with Gasteiger partial charge in [0.05, 0.1) is 12.0 Å². The molecule has 0 aromatic heterocycles. The van der Waals surface area contributed by atoms with Gasteiger partial charge < -0.3 is 9.47 Å². The van der Waals surface area contributed by atoms with Crippen molar-refractivity contribution in [3.63, 3.8) is 0 Å². The molecule has 5 atom stereocenters. The number of hydrogen-bond donors (Lipinski definition) is 0. The number of aryl methyl sites for hydroxylation is 1. The summed E-state index contributed by atoms with van der Waals surface area (Å²) in [6.45, 7) is 3.89. The molecule has 2 aliphatic rings. The lowest BCUT2D eigenvalue weighted by molar-refractivity contribution is -0.141. The Labute approximate surface area is 217 Å². The van der Waals surface area contributed by atoms with E-state index in [2.05, 4.69) is 0 Å². The number of ketones is 1. The number of esters is 2. The van der Waals surface area contributed by atoms with Gasteiger partial charge in [0.15, 0.2) is 5.78 Å². The van der Waals surface area contributed by atoms with Crippen molar-refractivity contribution in [1.82, 2.24) is 0 Å². The third kappa shape index (κ3) is 5.41. The maximum absolute atomic E-state index is 13.0. The number of rotatable bonds is 7. The second-order valence-electron chi connectivity index (χ2n) is 9.99. The Hall–Kier alpha value is -3.99. The van der Waals surface area contributed by atoms with Gasteiger partial charge in [0.25, 0.3) is 0 Å². The van der Waals surface area contributed by atoms with E-state index >= 15 is 0 Å². The summed E-state index contributed by atoms with van der Waals surface area (Å²) in [7, 11) is 0. The fourth-order valence-corrected chi connectivity index (χ4v) is 5.38. The van der Waals surface area contributed by atoms with Crippen molar-refractivity contribution in [2.75, 3.05) is 0 Å². The molecule has 3 aromatic rings. The summed E-state index contributed by atoms with van der Waals surface area (Å²) in [5, 5.41) is 0. The Morgan fingerprint density at radius 3 is 2.43 bits per heavy atom. The van der Waals surface area contributed by atoms with Crippen LogP contribution in [0.5, 0.6) is 0 Å². The van der Waals surface area contributed by atoms with E-state index in [9.17, 15) is 14.4 Å². The highest BCUT2D eigenvalue weighted by Gasteiger charge is 2.50. The summed E-state index contributed by atoms with van der Waals surface area (Å²) >= 11 is 0. The highest BCUT2D eigenvalue weighted by Crippen LogP contribution is 2.44. The number of allylic oxidation sites excluding steroid dienone is 1. The molecule has 188 valence electrons. The van der Waals surface area contributed by atoms with Crippen LogP contribution >= 0.6 is 0 Å². The molecule has 1 aliphatic heterocycles. The number of hydrogen-bond acceptors (Lipinski definition) is 5. The van der Waals surface area contributed by atoms with Crippen LogP contribution in [-0.2, 0) is 19.1 Å². The second kappa shape index (κ2) is 10.6. The molecule has 5 rings (SSSR count). The van der Waals surface area contributed by atoms with Crippen LogP contribution in [0.25, 0.3) is 11.1 Å². The third-order valence-electron chi connectivity index (χ3n) is 7.49. The van der Waals surface area contributed by atoms with Gasteiger partial charge in [-0.15, -0.1) is 0 Å². The summed E-state index contributed by atoms with van der Waals surface area (Å²) in [4.78, 5) is 37.9. The van der Waals surface area contributed by atoms with Crippen LogP contribution in [0.2, 0.25) is 0 Å². The molecule has 1 heterocycles. The molecule has 1 saturated heterocycles. The topological polar surface area (TPSA) is 69.7 Å². The van der Waals surface area contributed by atoms with Crippen LogP contribution in [0, 0.1) is 18.8 Å². The van der Waals surface area contributed by atoms with E-state index in [-0.39, 0.29) is 42.0 Å². The quantitative estimate of drug-likeness (QED) is 0.295. The Balaban J connectivity index is 1.30. The molecular formula is C32H30O5. The minimum absolute atomic E-state index is 0.0270. The van der Waals surface area contributed by atoms with Gasteiger partial charge >= 0.3 is 11.9 Å². The summed E-state index contributed by atoms with van der Waals surface area (Å²) in [5.74, 6) is -1.36. The SMILES string of the molecule is Cc1cccc([C@H](C)C(=O)/C=C/[C@H]2C(OC(=O)c3ccc(-c4ccccc4)cc3)C[C@@H]3OC(=O)C[C@@H]32)c1. The zero-order valence-corrected chi connectivity index (χ0v) is 21.0. The molecule has 1 aliphatic carbocycles. The van der Waals surface area contributed by atoms with E-state index in [0.29, 0.717) is 12.0 Å². The minimum atomic E-state index is -0.470. The Morgan fingerprint density at radius 1 is 0.973 bits per heavy atom. The van der Waals surface area contributed by atoms with Gasteiger partial charge in [0.2, 0.25) is 0 Å². The van der Waals surface area contributed by atoms with Gasteiger partial charge in [-0.05, 0) is 41.8 Å². The normalized spacial score (nSPS) is 23.5. The van der Waals surface area contributed by atoms with E-state index in [1.165, 1.54) is 0 Å². The van der Waals surface area contributed by atoms with Gasteiger partial charge in [0, 0.05) is 24.2 Å². The molecule has 5 heteroatoms. The standard InChI is InChI=1S/C32H30O5/c1-20-7-6-10-25(17-20)21(2)28(33)16-15-26-27-18-31(34)36-30(27)19-29(26)37-32(35)24-13-11-23(12-14-24)22-8-4-3-5-9-22/h3-17,21,26-27,29-30H,18-19H2,1-2H3/b16-15+/t21-,26+,27+,29?,30-/m0/s1. The van der Waals surface area contributed by atoms with Crippen LogP contribution in [0.1, 0.15) is 47.2 Å². The summed E-state index contributed by atoms with van der Waals surface area (Å²) in [6, 6.07) is 25.2. The summed E-state index contributed by atoms with van der Waals surface area (Å²) < 4.78 is 11.4. The smallest absolute Gasteiger partial charge is 0.338 e. The second-order valence-corrected chi connectivity index (χ2v) is 9.99. The van der Waals surface area contributed by atoms with Crippen molar-refractivity contribution in [3.05, 3.63) is 108 Å². The average Bonchev–Trinajstić information content (AvgIpc) is 3.42. The Kier molecular flexibility index (Phi) is 7.04. The zero-order valence-electron chi connectivity index (χ0n) is 21.0. The highest BCUT2D eigenvalue weighted by atomic mass is 16.6. The molecule has 0 radical (unpaired) electrons. The van der Waals surface area contributed by atoms with Crippen molar-refractivity contribution in [1.29, 1.82) is 0 Å². The summed E-state index contributed by atoms with van der Waals surface area (Å²) in [6.07, 6.45) is 3.32. The fraction of sp³-hybridized carbons (Fsp3) is 0.281. The molecule has 0 amide bonds. The van der Waals surface area contributed by atoms with Gasteiger partial charge in [-0.2, -0.15) is 0 Å². The molecule has 0 bridgehead atoms. The first kappa shape index (κ1) is 24.7. The highest BCUT2D eigenvalue weighted by molar-refractivity contribution is 5.95. The Bertz CT molecular complexity index is 1320. The van der Waals surface area contributed by atoms with E-state index in [1.807, 2.05) is 86.7 Å². The van der Waals surface area contributed by atoms with Crippen molar-refractivity contribution in [2.45, 2.75) is 44.8 Å². The lowest BCUT2D eigenvalue weighted by Crippen LogP contribution is -2.25. The van der Waals surface area contributed by atoms with Crippen LogP contribution in [0.3, 0.4) is 0 Å². The van der Waals surface area contributed by atoms with Gasteiger partial charge in [-0.1, -0.05) is 85.3 Å². The molecule has 0 N–H and O–H groups in total. The molecule has 5 nitrogen and oxygen atoms in total. The minimum Gasteiger partial charge on any atom is -0.462 e. The van der Waals surface area contributed by atoms with Crippen molar-refractivity contribution >= 4 is 17.7 Å². The van der Waals surface area contributed by atoms with Crippen LogP contribution < -0.4 is 0 Å². The molecule has 1 unspecified atom stereocenters. The first-order chi connectivity index (χ1) is 17.9. The average molecular weight is 495 g/mol. The predicted molar refractivity (Wildman–Crippen MR) is 141 cm³/mol. The molecule has 3 aromatic carbocycles. The van der Waals surface area contributed by atoms with E-state index < -0.39 is 12.1 Å². The van der Waals surface area contributed by atoms with Crippen LogP contribution in [0.4, 0.5) is 0 Å².